The number of aryl methyl sites for hydroxylation is 1. The Hall–Kier alpha value is -2.33. The number of nitrogens with one attached hydrogen (secondary N) is 2. The molecule has 2 aliphatic rings. The number of rotatable bonds is 2. The van der Waals surface area contributed by atoms with Gasteiger partial charge in [0.1, 0.15) is 5.75 Å². The monoisotopic (exact) mass is 322 g/mol. The molecule has 1 atom stereocenters. The van der Waals surface area contributed by atoms with E-state index in [0.717, 1.165) is 18.6 Å². The van der Waals surface area contributed by atoms with Gasteiger partial charge >= 0.3 is 0 Å². The highest BCUT2D eigenvalue weighted by Crippen LogP contribution is 2.40. The van der Waals surface area contributed by atoms with Crippen molar-refractivity contribution in [3.05, 3.63) is 70.9 Å². The van der Waals surface area contributed by atoms with Crippen LogP contribution in [0.3, 0.4) is 0 Å². The van der Waals surface area contributed by atoms with Crippen LogP contribution < -0.4 is 15.4 Å². The smallest absolute Gasteiger partial charge is 0.171 e. The van der Waals surface area contributed by atoms with Crippen LogP contribution in [0.1, 0.15) is 29.2 Å². The second-order valence-corrected chi connectivity index (χ2v) is 6.26. The molecular weight excluding hydrogens is 304 g/mol. The van der Waals surface area contributed by atoms with E-state index in [-0.39, 0.29) is 6.04 Å². The summed E-state index contributed by atoms with van der Waals surface area (Å²) in [4.78, 5) is 0. The molecular formula is C19H18N2OS. The van der Waals surface area contributed by atoms with Crippen molar-refractivity contribution in [1.82, 2.24) is 10.6 Å². The van der Waals surface area contributed by atoms with Gasteiger partial charge in [-0.25, -0.2) is 0 Å². The summed E-state index contributed by atoms with van der Waals surface area (Å²) < 4.78 is 5.27. The molecule has 1 aliphatic carbocycles. The lowest BCUT2D eigenvalue weighted by Gasteiger charge is -2.36. The molecule has 0 bridgehead atoms. The summed E-state index contributed by atoms with van der Waals surface area (Å²) in [6.45, 7) is 0. The average Bonchev–Trinajstić information content (AvgIpc) is 2.60. The summed E-state index contributed by atoms with van der Waals surface area (Å²) in [5.41, 5.74) is 6.47. The first-order chi connectivity index (χ1) is 11.3. The molecule has 0 spiro atoms. The minimum absolute atomic E-state index is 0.0751. The van der Waals surface area contributed by atoms with E-state index in [1.54, 1.807) is 7.11 Å². The highest BCUT2D eigenvalue weighted by molar-refractivity contribution is 7.80. The lowest BCUT2D eigenvalue weighted by atomic mass is 9.82. The Morgan fingerprint density at radius 3 is 2.61 bits per heavy atom. The molecule has 4 rings (SSSR count). The summed E-state index contributed by atoms with van der Waals surface area (Å²) in [5, 5.41) is 7.49. The number of benzene rings is 2. The first-order valence-electron chi connectivity index (χ1n) is 7.79. The van der Waals surface area contributed by atoms with E-state index >= 15 is 0 Å². The maximum absolute atomic E-state index is 5.42. The van der Waals surface area contributed by atoms with Crippen LogP contribution in [0.5, 0.6) is 5.75 Å². The molecule has 2 aromatic rings. The number of allylic oxidation sites excluding steroid dienone is 1. The van der Waals surface area contributed by atoms with E-state index in [1.165, 1.54) is 28.0 Å². The van der Waals surface area contributed by atoms with Crippen molar-refractivity contribution in [3.63, 3.8) is 0 Å². The largest absolute Gasteiger partial charge is 0.497 e. The number of hydrogen-bond acceptors (Lipinski definition) is 2. The summed E-state index contributed by atoms with van der Waals surface area (Å²) in [5.74, 6) is 0.864. The fraction of sp³-hybridized carbons (Fsp3) is 0.211. The van der Waals surface area contributed by atoms with E-state index in [4.69, 9.17) is 17.0 Å². The Balaban J connectivity index is 1.83. The number of hydrogen-bond donors (Lipinski definition) is 2. The molecule has 116 valence electrons. The molecule has 0 aromatic heterocycles. The Morgan fingerprint density at radius 2 is 1.83 bits per heavy atom. The highest BCUT2D eigenvalue weighted by Gasteiger charge is 2.31. The first-order valence-corrected chi connectivity index (χ1v) is 8.20. The van der Waals surface area contributed by atoms with Crippen molar-refractivity contribution >= 4 is 22.9 Å². The topological polar surface area (TPSA) is 33.3 Å². The van der Waals surface area contributed by atoms with Crippen LogP contribution in [-0.2, 0) is 6.42 Å². The van der Waals surface area contributed by atoms with Gasteiger partial charge in [-0.2, -0.15) is 0 Å². The van der Waals surface area contributed by atoms with E-state index in [9.17, 15) is 0 Å². The van der Waals surface area contributed by atoms with Crippen LogP contribution >= 0.6 is 12.2 Å². The normalized spacial score (nSPS) is 19.3. The zero-order valence-corrected chi connectivity index (χ0v) is 13.7. The van der Waals surface area contributed by atoms with Crippen LogP contribution in [0.4, 0.5) is 0 Å². The molecule has 1 heterocycles. The molecule has 2 aromatic carbocycles. The minimum Gasteiger partial charge on any atom is -0.497 e. The van der Waals surface area contributed by atoms with Gasteiger partial charge in [0.05, 0.1) is 13.2 Å². The van der Waals surface area contributed by atoms with Crippen molar-refractivity contribution < 1.29 is 4.74 Å². The van der Waals surface area contributed by atoms with Gasteiger partial charge in [-0.15, -0.1) is 0 Å². The Kier molecular flexibility index (Phi) is 3.54. The van der Waals surface area contributed by atoms with Gasteiger partial charge in [0.2, 0.25) is 0 Å². The van der Waals surface area contributed by atoms with E-state index in [0.29, 0.717) is 5.11 Å². The van der Waals surface area contributed by atoms with E-state index in [1.807, 2.05) is 12.1 Å². The molecule has 1 unspecified atom stereocenters. The van der Waals surface area contributed by atoms with E-state index < -0.39 is 0 Å². The summed E-state index contributed by atoms with van der Waals surface area (Å²) in [7, 11) is 1.69. The molecule has 0 amide bonds. The SMILES string of the molecule is COc1ccc(C2NC(=S)NC3=C2c2ccccc2CC3)cc1. The van der Waals surface area contributed by atoms with Crippen LogP contribution in [-0.4, -0.2) is 12.2 Å². The second kappa shape index (κ2) is 5.70. The first kappa shape index (κ1) is 14.3. The summed E-state index contributed by atoms with van der Waals surface area (Å²) in [6, 6.07) is 16.9. The van der Waals surface area contributed by atoms with Crippen molar-refractivity contribution in [2.75, 3.05) is 7.11 Å². The quantitative estimate of drug-likeness (QED) is 0.828. The van der Waals surface area contributed by atoms with Gasteiger partial charge in [0, 0.05) is 11.3 Å². The van der Waals surface area contributed by atoms with Gasteiger partial charge in [-0.3, -0.25) is 0 Å². The Morgan fingerprint density at radius 1 is 1.04 bits per heavy atom. The highest BCUT2D eigenvalue weighted by atomic mass is 32.1. The molecule has 1 aliphatic heterocycles. The Labute approximate surface area is 141 Å². The number of methoxy groups -OCH3 is 1. The van der Waals surface area contributed by atoms with Crippen LogP contribution in [0.25, 0.3) is 5.57 Å². The predicted molar refractivity (Wildman–Crippen MR) is 96.3 cm³/mol. The van der Waals surface area contributed by atoms with Crippen molar-refractivity contribution in [3.8, 4) is 5.75 Å². The van der Waals surface area contributed by atoms with E-state index in [2.05, 4.69) is 47.0 Å². The molecule has 3 nitrogen and oxygen atoms in total. The molecule has 0 saturated carbocycles. The minimum atomic E-state index is 0.0751. The zero-order valence-electron chi connectivity index (χ0n) is 12.9. The molecule has 0 fully saturated rings. The van der Waals surface area contributed by atoms with Crippen LogP contribution in [0.15, 0.2) is 54.2 Å². The third-order valence-electron chi connectivity index (χ3n) is 4.55. The molecule has 4 heteroatoms. The standard InChI is InChI=1S/C19H18N2OS/c1-22-14-9-6-13(7-10-14)18-17-15-5-3-2-4-12(15)8-11-16(17)20-19(23)21-18/h2-7,9-10,18H,8,11H2,1H3,(H2,20,21,23). The molecule has 0 radical (unpaired) electrons. The van der Waals surface area contributed by atoms with Gasteiger partial charge in [0.15, 0.2) is 5.11 Å². The third kappa shape index (κ3) is 2.49. The molecule has 23 heavy (non-hydrogen) atoms. The summed E-state index contributed by atoms with van der Waals surface area (Å²) >= 11 is 5.42. The lowest BCUT2D eigenvalue weighted by molar-refractivity contribution is 0.414. The fourth-order valence-electron chi connectivity index (χ4n) is 3.44. The van der Waals surface area contributed by atoms with Crippen molar-refractivity contribution in [2.45, 2.75) is 18.9 Å². The summed E-state index contributed by atoms with van der Waals surface area (Å²) in [6.07, 6.45) is 2.06. The second-order valence-electron chi connectivity index (χ2n) is 5.85. The molecule has 2 N–H and O–H groups in total. The van der Waals surface area contributed by atoms with Crippen LogP contribution in [0.2, 0.25) is 0 Å². The maximum atomic E-state index is 5.42. The fourth-order valence-corrected chi connectivity index (χ4v) is 3.68. The molecule has 0 saturated heterocycles. The van der Waals surface area contributed by atoms with Gasteiger partial charge < -0.3 is 15.4 Å². The van der Waals surface area contributed by atoms with Crippen LogP contribution in [0, 0.1) is 0 Å². The number of thiocarbonyl (C=S) groups is 1. The number of fused-ring (bicyclic) bond motifs is 2. The number of ether oxygens (including phenoxy) is 1. The van der Waals surface area contributed by atoms with Crippen molar-refractivity contribution in [2.24, 2.45) is 0 Å². The maximum Gasteiger partial charge on any atom is 0.171 e. The predicted octanol–water partition coefficient (Wildman–Crippen LogP) is 3.57. The third-order valence-corrected chi connectivity index (χ3v) is 4.77. The zero-order chi connectivity index (χ0) is 15.8. The average molecular weight is 322 g/mol. The van der Waals surface area contributed by atoms with Gasteiger partial charge in [0.25, 0.3) is 0 Å². The van der Waals surface area contributed by atoms with Crippen molar-refractivity contribution in [1.29, 1.82) is 0 Å². The lowest BCUT2D eigenvalue weighted by Crippen LogP contribution is -2.44. The Bertz CT molecular complexity index is 795. The van der Waals surface area contributed by atoms with Gasteiger partial charge in [-0.1, -0.05) is 36.4 Å². The van der Waals surface area contributed by atoms with Gasteiger partial charge in [-0.05, 0) is 53.9 Å².